The third kappa shape index (κ3) is 2.83. The minimum atomic E-state index is -0.297. The highest BCUT2D eigenvalue weighted by Crippen LogP contribution is 2.36. The number of carbonyl (C=O) groups is 1. The normalized spacial score (nSPS) is 19.8. The zero-order valence-electron chi connectivity index (χ0n) is 14.8. The van der Waals surface area contributed by atoms with Gasteiger partial charge in [-0.05, 0) is 43.0 Å². The average molecular weight is 356 g/mol. The number of aryl methyl sites for hydroxylation is 1. The van der Waals surface area contributed by atoms with E-state index in [-0.39, 0.29) is 11.6 Å². The van der Waals surface area contributed by atoms with Gasteiger partial charge in [0.1, 0.15) is 11.5 Å². The van der Waals surface area contributed by atoms with Crippen molar-refractivity contribution < 1.29 is 4.79 Å². The van der Waals surface area contributed by atoms with Crippen molar-refractivity contribution in [3.63, 3.8) is 0 Å². The van der Waals surface area contributed by atoms with Gasteiger partial charge in [-0.1, -0.05) is 0 Å². The van der Waals surface area contributed by atoms with Crippen LogP contribution >= 0.6 is 11.3 Å². The number of anilines is 1. The molecule has 2 aromatic rings. The van der Waals surface area contributed by atoms with Crippen molar-refractivity contribution >= 4 is 23.1 Å². The van der Waals surface area contributed by atoms with Gasteiger partial charge in [0.25, 0.3) is 5.91 Å². The van der Waals surface area contributed by atoms with E-state index in [0.29, 0.717) is 5.56 Å². The maximum absolute atomic E-state index is 12.6. The minimum Gasteiger partial charge on any atom is -0.333 e. The molecule has 0 atom stereocenters. The molecule has 0 saturated carbocycles. The Morgan fingerprint density at radius 2 is 2.12 bits per heavy atom. The summed E-state index contributed by atoms with van der Waals surface area (Å²) in [4.78, 5) is 23.4. The molecule has 2 aromatic heterocycles. The van der Waals surface area contributed by atoms with Crippen LogP contribution < -0.4 is 10.2 Å². The Morgan fingerprint density at radius 3 is 2.80 bits per heavy atom. The van der Waals surface area contributed by atoms with Gasteiger partial charge in [-0.15, -0.1) is 11.3 Å². The van der Waals surface area contributed by atoms with E-state index in [4.69, 9.17) is 0 Å². The smallest absolute Gasteiger partial charge is 0.256 e. The second-order valence-corrected chi connectivity index (χ2v) is 7.91. The lowest BCUT2D eigenvalue weighted by molar-refractivity contribution is 0.0763. The molecule has 25 heavy (non-hydrogen) atoms. The first-order valence-corrected chi connectivity index (χ1v) is 9.81. The van der Waals surface area contributed by atoms with Crippen molar-refractivity contribution in [2.75, 3.05) is 24.5 Å². The third-order valence-corrected chi connectivity index (χ3v) is 6.49. The Kier molecular flexibility index (Phi) is 4.25. The molecule has 0 radical (unpaired) electrons. The van der Waals surface area contributed by atoms with Crippen molar-refractivity contribution in [1.29, 1.82) is 0 Å². The predicted octanol–water partition coefficient (Wildman–Crippen LogP) is 3.01. The monoisotopic (exact) mass is 356 g/mol. The molecule has 0 aliphatic carbocycles. The van der Waals surface area contributed by atoms with Crippen LogP contribution in [0.4, 0.5) is 5.82 Å². The molecule has 1 spiro atoms. The van der Waals surface area contributed by atoms with Crippen LogP contribution in [-0.2, 0) is 6.54 Å². The molecule has 132 valence electrons. The van der Waals surface area contributed by atoms with E-state index in [1.807, 2.05) is 23.5 Å². The molecule has 1 saturated heterocycles. The largest absolute Gasteiger partial charge is 0.333 e. The standard InChI is InChI=1S/C19H24N4OS/c1-3-23-17-15(5-4-9-20-17)18(24)21-19(23)7-10-22(11-8-19)13-16-14(2)6-12-25-16/h4-6,9,12H,3,7-8,10-11,13H2,1-2H3,(H,21,24). The van der Waals surface area contributed by atoms with Crippen LogP contribution in [0.25, 0.3) is 0 Å². The van der Waals surface area contributed by atoms with E-state index in [2.05, 4.69) is 45.4 Å². The second-order valence-electron chi connectivity index (χ2n) is 6.91. The highest BCUT2D eigenvalue weighted by Gasteiger charge is 2.45. The summed E-state index contributed by atoms with van der Waals surface area (Å²) in [6.45, 7) is 8.13. The first-order chi connectivity index (χ1) is 12.1. The first kappa shape index (κ1) is 16.5. The van der Waals surface area contributed by atoms with E-state index in [1.54, 1.807) is 6.20 Å². The van der Waals surface area contributed by atoms with Crippen LogP contribution in [0.5, 0.6) is 0 Å². The molecule has 2 aliphatic rings. The molecule has 0 unspecified atom stereocenters. The van der Waals surface area contributed by atoms with E-state index in [9.17, 15) is 4.79 Å². The van der Waals surface area contributed by atoms with Crippen molar-refractivity contribution in [2.24, 2.45) is 0 Å². The summed E-state index contributed by atoms with van der Waals surface area (Å²) in [5.74, 6) is 0.839. The van der Waals surface area contributed by atoms with Crippen LogP contribution in [0.3, 0.4) is 0 Å². The Balaban J connectivity index is 1.53. The van der Waals surface area contributed by atoms with Gasteiger partial charge in [-0.2, -0.15) is 0 Å². The Morgan fingerprint density at radius 1 is 1.32 bits per heavy atom. The summed E-state index contributed by atoms with van der Waals surface area (Å²) in [5.41, 5.74) is 1.77. The quantitative estimate of drug-likeness (QED) is 0.918. The lowest BCUT2D eigenvalue weighted by Crippen LogP contribution is -2.67. The van der Waals surface area contributed by atoms with Crippen LogP contribution in [0.2, 0.25) is 0 Å². The topological polar surface area (TPSA) is 48.5 Å². The molecule has 6 heteroatoms. The van der Waals surface area contributed by atoms with Gasteiger partial charge in [0.15, 0.2) is 0 Å². The van der Waals surface area contributed by atoms with Crippen LogP contribution in [-0.4, -0.2) is 41.1 Å². The van der Waals surface area contributed by atoms with Gasteiger partial charge >= 0.3 is 0 Å². The number of amides is 1. The lowest BCUT2D eigenvalue weighted by Gasteiger charge is -2.51. The molecule has 4 heterocycles. The van der Waals surface area contributed by atoms with Gasteiger partial charge in [-0.25, -0.2) is 4.98 Å². The number of thiophene rings is 1. The molecule has 1 N–H and O–H groups in total. The third-order valence-electron chi connectivity index (χ3n) is 5.48. The van der Waals surface area contributed by atoms with Crippen LogP contribution in [0.1, 0.15) is 40.6 Å². The van der Waals surface area contributed by atoms with Gasteiger partial charge in [0.05, 0.1) is 5.56 Å². The van der Waals surface area contributed by atoms with Gasteiger partial charge in [-0.3, -0.25) is 9.69 Å². The van der Waals surface area contributed by atoms with E-state index in [0.717, 1.165) is 44.8 Å². The number of likely N-dealkylation sites (tertiary alicyclic amines) is 1. The second kappa shape index (κ2) is 6.42. The van der Waals surface area contributed by atoms with Crippen molar-refractivity contribution in [3.05, 3.63) is 45.8 Å². The number of nitrogens with one attached hydrogen (secondary N) is 1. The molecule has 4 rings (SSSR count). The Hall–Kier alpha value is -1.92. The summed E-state index contributed by atoms with van der Waals surface area (Å²) in [6, 6.07) is 5.88. The zero-order valence-corrected chi connectivity index (χ0v) is 15.6. The molecule has 2 aliphatic heterocycles. The number of nitrogens with zero attached hydrogens (tertiary/aromatic N) is 3. The fraction of sp³-hybridized carbons (Fsp3) is 0.474. The fourth-order valence-electron chi connectivity index (χ4n) is 4.04. The molecular formula is C19H24N4OS. The van der Waals surface area contributed by atoms with Crippen molar-refractivity contribution in [2.45, 2.75) is 38.9 Å². The average Bonchev–Trinajstić information content (AvgIpc) is 3.02. The summed E-state index contributed by atoms with van der Waals surface area (Å²) < 4.78 is 0. The number of pyridine rings is 1. The maximum Gasteiger partial charge on any atom is 0.256 e. The minimum absolute atomic E-state index is 0.00958. The molecule has 0 bridgehead atoms. The number of piperidine rings is 1. The summed E-state index contributed by atoms with van der Waals surface area (Å²) in [6.07, 6.45) is 3.63. The summed E-state index contributed by atoms with van der Waals surface area (Å²) in [5, 5.41) is 5.47. The van der Waals surface area contributed by atoms with E-state index < -0.39 is 0 Å². The molecule has 0 aromatic carbocycles. The zero-order chi connectivity index (χ0) is 17.4. The summed E-state index contributed by atoms with van der Waals surface area (Å²) >= 11 is 1.83. The number of fused-ring (bicyclic) bond motifs is 1. The van der Waals surface area contributed by atoms with Crippen LogP contribution in [0, 0.1) is 6.92 Å². The molecule has 1 fully saturated rings. The van der Waals surface area contributed by atoms with Crippen LogP contribution in [0.15, 0.2) is 29.8 Å². The van der Waals surface area contributed by atoms with Gasteiger partial charge < -0.3 is 10.2 Å². The Labute approximate surface area is 152 Å². The van der Waals surface area contributed by atoms with Crippen molar-refractivity contribution in [3.8, 4) is 0 Å². The highest BCUT2D eigenvalue weighted by molar-refractivity contribution is 7.10. The number of rotatable bonds is 3. The highest BCUT2D eigenvalue weighted by atomic mass is 32.1. The van der Waals surface area contributed by atoms with E-state index in [1.165, 1.54) is 10.4 Å². The molecule has 5 nitrogen and oxygen atoms in total. The van der Waals surface area contributed by atoms with Gasteiger partial charge in [0.2, 0.25) is 0 Å². The first-order valence-electron chi connectivity index (χ1n) is 8.93. The SMILES string of the molecule is CCN1c2ncccc2C(=O)NC12CCN(Cc1sccc1C)CC2. The van der Waals surface area contributed by atoms with Gasteiger partial charge in [0, 0.05) is 50.1 Å². The number of aromatic nitrogens is 1. The summed E-state index contributed by atoms with van der Waals surface area (Å²) in [7, 11) is 0. The number of hydrogen-bond donors (Lipinski definition) is 1. The number of carbonyl (C=O) groups excluding carboxylic acids is 1. The predicted molar refractivity (Wildman–Crippen MR) is 101 cm³/mol. The number of hydrogen-bond acceptors (Lipinski definition) is 5. The maximum atomic E-state index is 12.6. The Bertz CT molecular complexity index is 779. The molecular weight excluding hydrogens is 332 g/mol. The van der Waals surface area contributed by atoms with Crippen molar-refractivity contribution in [1.82, 2.24) is 15.2 Å². The fourth-order valence-corrected chi connectivity index (χ4v) is 4.98. The molecule has 1 amide bonds. The lowest BCUT2D eigenvalue weighted by atomic mass is 9.91. The van der Waals surface area contributed by atoms with E-state index >= 15 is 0 Å².